The lowest BCUT2D eigenvalue weighted by Crippen LogP contribution is -2.36. The summed E-state index contributed by atoms with van der Waals surface area (Å²) in [6.07, 6.45) is 2.79. The first-order valence-electron chi connectivity index (χ1n) is 5.28. The van der Waals surface area contributed by atoms with Crippen molar-refractivity contribution < 1.29 is 0 Å². The van der Waals surface area contributed by atoms with E-state index in [9.17, 15) is 0 Å². The van der Waals surface area contributed by atoms with Crippen LogP contribution in [0, 0.1) is 0 Å². The van der Waals surface area contributed by atoms with Gasteiger partial charge in [0.15, 0.2) is 5.96 Å². The fourth-order valence-corrected chi connectivity index (χ4v) is 1.90. The standard InChI is InChI=1S/C11H18N4S/c1-4-6-13-11(12-3)14-7-9-8-16-10(5-2)15-9/h4,8H,1,5-7H2,2-3H3,(H2,12,13,14). The van der Waals surface area contributed by atoms with Crippen molar-refractivity contribution in [3.8, 4) is 0 Å². The average Bonchev–Trinajstić information content (AvgIpc) is 2.77. The number of rotatable bonds is 5. The third kappa shape index (κ3) is 4.02. The van der Waals surface area contributed by atoms with E-state index in [4.69, 9.17) is 0 Å². The third-order valence-electron chi connectivity index (χ3n) is 1.98. The second-order valence-corrected chi connectivity index (χ2v) is 4.12. The summed E-state index contributed by atoms with van der Waals surface area (Å²) in [5, 5.41) is 9.55. The Kier molecular flexibility index (Phi) is 5.56. The fraction of sp³-hybridized carbons (Fsp3) is 0.455. The van der Waals surface area contributed by atoms with Crippen molar-refractivity contribution in [2.45, 2.75) is 19.9 Å². The molecule has 5 heteroatoms. The fourth-order valence-electron chi connectivity index (χ4n) is 1.16. The zero-order valence-corrected chi connectivity index (χ0v) is 10.6. The van der Waals surface area contributed by atoms with E-state index in [1.54, 1.807) is 24.5 Å². The number of aliphatic imine (C=N–C) groups is 1. The molecule has 1 heterocycles. The average molecular weight is 238 g/mol. The van der Waals surface area contributed by atoms with Crippen LogP contribution in [0.2, 0.25) is 0 Å². The van der Waals surface area contributed by atoms with Gasteiger partial charge in [0, 0.05) is 19.0 Å². The molecule has 0 atom stereocenters. The van der Waals surface area contributed by atoms with Gasteiger partial charge in [0.25, 0.3) is 0 Å². The molecule has 0 saturated heterocycles. The van der Waals surface area contributed by atoms with Crippen molar-refractivity contribution in [3.63, 3.8) is 0 Å². The Morgan fingerprint density at radius 1 is 1.62 bits per heavy atom. The zero-order chi connectivity index (χ0) is 11.8. The molecule has 4 nitrogen and oxygen atoms in total. The number of hydrogen-bond acceptors (Lipinski definition) is 3. The van der Waals surface area contributed by atoms with Crippen molar-refractivity contribution >= 4 is 17.3 Å². The Morgan fingerprint density at radius 2 is 2.44 bits per heavy atom. The van der Waals surface area contributed by atoms with E-state index in [1.165, 1.54) is 5.01 Å². The normalized spacial score (nSPS) is 11.2. The number of nitrogens with one attached hydrogen (secondary N) is 2. The molecule has 0 spiro atoms. The second kappa shape index (κ2) is 7.00. The van der Waals surface area contributed by atoms with Gasteiger partial charge in [-0.15, -0.1) is 17.9 Å². The first kappa shape index (κ1) is 12.7. The van der Waals surface area contributed by atoms with Gasteiger partial charge in [0.1, 0.15) is 0 Å². The molecular weight excluding hydrogens is 220 g/mol. The molecular formula is C11H18N4S. The van der Waals surface area contributed by atoms with Crippen molar-refractivity contribution in [2.75, 3.05) is 13.6 Å². The Hall–Kier alpha value is -1.36. The van der Waals surface area contributed by atoms with Gasteiger partial charge in [0.2, 0.25) is 0 Å². The van der Waals surface area contributed by atoms with Crippen LogP contribution in [-0.4, -0.2) is 24.5 Å². The monoisotopic (exact) mass is 238 g/mol. The van der Waals surface area contributed by atoms with Crippen LogP contribution in [0.25, 0.3) is 0 Å². The Bertz CT molecular complexity index is 357. The summed E-state index contributed by atoms with van der Waals surface area (Å²) in [6, 6.07) is 0. The molecule has 0 aromatic carbocycles. The van der Waals surface area contributed by atoms with Gasteiger partial charge in [0.05, 0.1) is 17.2 Å². The van der Waals surface area contributed by atoms with E-state index >= 15 is 0 Å². The lowest BCUT2D eigenvalue weighted by atomic mass is 10.4. The molecule has 16 heavy (non-hydrogen) atoms. The van der Waals surface area contributed by atoms with Crippen LogP contribution < -0.4 is 10.6 Å². The predicted octanol–water partition coefficient (Wildman–Crippen LogP) is 1.56. The van der Waals surface area contributed by atoms with Crippen molar-refractivity contribution in [1.29, 1.82) is 0 Å². The minimum absolute atomic E-state index is 0.702. The number of thiazole rings is 1. The zero-order valence-electron chi connectivity index (χ0n) is 9.79. The summed E-state index contributed by atoms with van der Waals surface area (Å²) >= 11 is 1.70. The first-order valence-corrected chi connectivity index (χ1v) is 6.16. The van der Waals surface area contributed by atoms with Crippen molar-refractivity contribution in [3.05, 3.63) is 28.7 Å². The van der Waals surface area contributed by atoms with Gasteiger partial charge in [-0.05, 0) is 6.42 Å². The number of aryl methyl sites for hydroxylation is 1. The van der Waals surface area contributed by atoms with Gasteiger partial charge in [-0.1, -0.05) is 13.0 Å². The molecule has 0 aliphatic carbocycles. The summed E-state index contributed by atoms with van der Waals surface area (Å²) in [5.41, 5.74) is 1.06. The highest BCUT2D eigenvalue weighted by Crippen LogP contribution is 2.09. The molecule has 0 bridgehead atoms. The molecule has 0 fully saturated rings. The largest absolute Gasteiger partial charge is 0.353 e. The SMILES string of the molecule is C=CCNC(=NC)NCc1csc(CC)n1. The second-order valence-electron chi connectivity index (χ2n) is 3.18. The summed E-state index contributed by atoms with van der Waals surface area (Å²) < 4.78 is 0. The molecule has 0 aliphatic heterocycles. The minimum atomic E-state index is 0.702. The lowest BCUT2D eigenvalue weighted by molar-refractivity contribution is 0.824. The maximum atomic E-state index is 4.47. The van der Waals surface area contributed by atoms with Crippen LogP contribution in [0.3, 0.4) is 0 Å². The topological polar surface area (TPSA) is 49.3 Å². The number of hydrogen-bond donors (Lipinski definition) is 2. The third-order valence-corrected chi connectivity index (χ3v) is 3.02. The van der Waals surface area contributed by atoms with Gasteiger partial charge < -0.3 is 10.6 Å². The molecule has 88 valence electrons. The van der Waals surface area contributed by atoms with Crippen LogP contribution in [0.5, 0.6) is 0 Å². The van der Waals surface area contributed by atoms with Crippen LogP contribution in [0.15, 0.2) is 23.0 Å². The predicted molar refractivity (Wildman–Crippen MR) is 69.9 cm³/mol. The highest BCUT2D eigenvalue weighted by Gasteiger charge is 2.01. The van der Waals surface area contributed by atoms with E-state index in [0.717, 1.165) is 18.1 Å². The van der Waals surface area contributed by atoms with E-state index < -0.39 is 0 Å². The molecule has 1 aromatic heterocycles. The van der Waals surface area contributed by atoms with E-state index in [1.807, 2.05) is 0 Å². The van der Waals surface area contributed by atoms with Gasteiger partial charge >= 0.3 is 0 Å². The molecule has 1 aromatic rings. The van der Waals surface area contributed by atoms with Gasteiger partial charge in [-0.2, -0.15) is 0 Å². The molecule has 0 amide bonds. The molecule has 2 N–H and O–H groups in total. The lowest BCUT2D eigenvalue weighted by Gasteiger charge is -2.08. The highest BCUT2D eigenvalue weighted by atomic mass is 32.1. The van der Waals surface area contributed by atoms with E-state index in [2.05, 4.69) is 39.5 Å². The maximum absolute atomic E-state index is 4.47. The minimum Gasteiger partial charge on any atom is -0.353 e. The quantitative estimate of drug-likeness (QED) is 0.465. The van der Waals surface area contributed by atoms with Crippen LogP contribution >= 0.6 is 11.3 Å². The summed E-state index contributed by atoms with van der Waals surface area (Å²) in [7, 11) is 1.75. The Morgan fingerprint density at radius 3 is 3.00 bits per heavy atom. The Labute approximate surface area is 101 Å². The number of guanidine groups is 1. The summed E-state index contributed by atoms with van der Waals surface area (Å²) in [6.45, 7) is 7.16. The molecule has 0 radical (unpaired) electrons. The summed E-state index contributed by atoms with van der Waals surface area (Å²) in [5.74, 6) is 0.769. The molecule has 0 unspecified atom stereocenters. The number of nitrogens with zero attached hydrogens (tertiary/aromatic N) is 2. The highest BCUT2D eigenvalue weighted by molar-refractivity contribution is 7.09. The molecule has 1 rings (SSSR count). The van der Waals surface area contributed by atoms with E-state index in [0.29, 0.717) is 13.1 Å². The van der Waals surface area contributed by atoms with Gasteiger partial charge in [-0.3, -0.25) is 4.99 Å². The van der Waals surface area contributed by atoms with E-state index in [-0.39, 0.29) is 0 Å². The molecule has 0 aliphatic rings. The van der Waals surface area contributed by atoms with Crippen molar-refractivity contribution in [1.82, 2.24) is 15.6 Å². The van der Waals surface area contributed by atoms with Gasteiger partial charge in [-0.25, -0.2) is 4.98 Å². The number of aromatic nitrogens is 1. The van der Waals surface area contributed by atoms with Crippen molar-refractivity contribution in [2.24, 2.45) is 4.99 Å². The van der Waals surface area contributed by atoms with Crippen LogP contribution in [0.1, 0.15) is 17.6 Å². The maximum Gasteiger partial charge on any atom is 0.191 e. The smallest absolute Gasteiger partial charge is 0.191 e. The first-order chi connectivity index (χ1) is 7.80. The molecule has 0 saturated carbocycles. The summed E-state index contributed by atoms with van der Waals surface area (Å²) in [4.78, 5) is 8.56. The van der Waals surface area contributed by atoms with Crippen LogP contribution in [-0.2, 0) is 13.0 Å². The Balaban J connectivity index is 2.40. The van der Waals surface area contributed by atoms with Crippen LogP contribution in [0.4, 0.5) is 0 Å².